The first-order valence-corrected chi connectivity index (χ1v) is 5.66. The lowest BCUT2D eigenvalue weighted by Gasteiger charge is -2.27. The Balaban J connectivity index is 2.13. The number of rotatable bonds is 5. The van der Waals surface area contributed by atoms with Crippen molar-refractivity contribution in [2.24, 2.45) is 5.18 Å². The van der Waals surface area contributed by atoms with E-state index in [2.05, 4.69) is 15.2 Å². The van der Waals surface area contributed by atoms with Crippen molar-refractivity contribution in [1.29, 1.82) is 0 Å². The lowest BCUT2D eigenvalue weighted by molar-refractivity contribution is -0.0410. The van der Waals surface area contributed by atoms with Crippen LogP contribution in [0.4, 0.5) is 11.4 Å². The van der Waals surface area contributed by atoms with E-state index in [-0.39, 0.29) is 11.8 Å². The lowest BCUT2D eigenvalue weighted by Crippen LogP contribution is -2.33. The van der Waals surface area contributed by atoms with E-state index in [0.717, 1.165) is 13.0 Å². The van der Waals surface area contributed by atoms with Crippen molar-refractivity contribution in [3.8, 4) is 0 Å². The summed E-state index contributed by atoms with van der Waals surface area (Å²) in [7, 11) is 1.31. The number of nitrogens with one attached hydrogen (secondary N) is 1. The van der Waals surface area contributed by atoms with Gasteiger partial charge >= 0.3 is 5.97 Å². The van der Waals surface area contributed by atoms with Gasteiger partial charge in [0.15, 0.2) is 0 Å². The van der Waals surface area contributed by atoms with Crippen molar-refractivity contribution in [2.75, 3.05) is 25.6 Å². The molecule has 0 spiro atoms. The molecule has 0 aromatic heterocycles. The van der Waals surface area contributed by atoms with Gasteiger partial charge < -0.3 is 14.8 Å². The molecule has 1 aliphatic heterocycles. The first-order chi connectivity index (χ1) is 8.74. The summed E-state index contributed by atoms with van der Waals surface area (Å²) in [6.45, 7) is 1.36. The van der Waals surface area contributed by atoms with Crippen molar-refractivity contribution in [3.05, 3.63) is 28.7 Å². The molecule has 1 N–H and O–H groups in total. The molecule has 1 saturated heterocycles. The number of methoxy groups -OCH3 is 1. The second kappa shape index (κ2) is 5.59. The van der Waals surface area contributed by atoms with Crippen LogP contribution in [0, 0.1) is 4.91 Å². The van der Waals surface area contributed by atoms with Gasteiger partial charge in [0, 0.05) is 13.2 Å². The average molecular weight is 250 g/mol. The molecule has 1 aromatic rings. The molecule has 1 fully saturated rings. The minimum absolute atomic E-state index is 0.159. The fourth-order valence-electron chi connectivity index (χ4n) is 1.67. The number of carbonyl (C=O) groups excluding carboxylic acids is 1. The predicted octanol–water partition coefficient (Wildman–Crippen LogP) is 2.07. The number of benzene rings is 1. The van der Waals surface area contributed by atoms with Crippen molar-refractivity contribution >= 4 is 17.3 Å². The second-order valence-corrected chi connectivity index (χ2v) is 3.98. The normalized spacial score (nSPS) is 17.7. The number of carbonyl (C=O) groups is 1. The summed E-state index contributed by atoms with van der Waals surface area (Å²) in [5.41, 5.74) is 1.16. The Labute approximate surface area is 104 Å². The Morgan fingerprint density at radius 3 is 2.94 bits per heavy atom. The molecule has 1 aliphatic rings. The molecule has 1 unspecified atom stereocenters. The van der Waals surface area contributed by atoms with Crippen LogP contribution in [0.5, 0.6) is 0 Å². The Bertz CT molecular complexity index is 457. The highest BCUT2D eigenvalue weighted by molar-refractivity contribution is 5.91. The molecule has 0 amide bonds. The third-order valence-electron chi connectivity index (χ3n) is 2.83. The number of anilines is 1. The minimum Gasteiger partial charge on any atom is -0.465 e. The van der Waals surface area contributed by atoms with E-state index in [0.29, 0.717) is 17.8 Å². The maximum Gasteiger partial charge on any atom is 0.337 e. The van der Waals surface area contributed by atoms with Crippen molar-refractivity contribution in [1.82, 2.24) is 0 Å². The first kappa shape index (κ1) is 12.5. The van der Waals surface area contributed by atoms with E-state index in [1.165, 1.54) is 19.2 Å². The second-order valence-electron chi connectivity index (χ2n) is 3.98. The van der Waals surface area contributed by atoms with Gasteiger partial charge in [-0.1, -0.05) is 0 Å². The summed E-state index contributed by atoms with van der Waals surface area (Å²) in [4.78, 5) is 22.1. The molecule has 0 saturated carbocycles. The fourth-order valence-corrected chi connectivity index (χ4v) is 1.67. The largest absolute Gasteiger partial charge is 0.465 e. The Morgan fingerprint density at radius 2 is 2.39 bits per heavy atom. The van der Waals surface area contributed by atoms with Gasteiger partial charge in [-0.2, -0.15) is 0 Å². The molecule has 1 heterocycles. The molecule has 96 valence electrons. The molecule has 6 heteroatoms. The minimum atomic E-state index is -0.449. The van der Waals surface area contributed by atoms with Crippen LogP contribution in [0.15, 0.2) is 23.4 Å². The van der Waals surface area contributed by atoms with Crippen LogP contribution in [-0.2, 0) is 9.47 Å². The molecule has 1 atom stereocenters. The molecule has 0 bridgehead atoms. The van der Waals surface area contributed by atoms with E-state index in [1.54, 1.807) is 6.07 Å². The summed E-state index contributed by atoms with van der Waals surface area (Å²) in [6.07, 6.45) is 1.15. The van der Waals surface area contributed by atoms with Gasteiger partial charge in [0.2, 0.25) is 0 Å². The van der Waals surface area contributed by atoms with Gasteiger partial charge in [-0.15, -0.1) is 4.91 Å². The highest BCUT2D eigenvalue weighted by atomic mass is 16.5. The third kappa shape index (κ3) is 2.65. The number of nitrogens with zero attached hydrogens (tertiary/aromatic N) is 1. The van der Waals surface area contributed by atoms with Gasteiger partial charge in [0.05, 0.1) is 24.5 Å². The maximum absolute atomic E-state index is 11.4. The molecule has 2 rings (SSSR count). The van der Waals surface area contributed by atoms with Gasteiger partial charge in [0.25, 0.3) is 0 Å². The zero-order chi connectivity index (χ0) is 13.0. The van der Waals surface area contributed by atoms with Crippen LogP contribution in [0.2, 0.25) is 0 Å². The summed E-state index contributed by atoms with van der Waals surface area (Å²) < 4.78 is 9.88. The fraction of sp³-hybridized carbons (Fsp3) is 0.417. The summed E-state index contributed by atoms with van der Waals surface area (Å²) in [6, 6.07) is 4.55. The average Bonchev–Trinajstić information content (AvgIpc) is 2.35. The van der Waals surface area contributed by atoms with E-state index in [9.17, 15) is 9.70 Å². The number of ether oxygens (including phenoxy) is 2. The molecular formula is C12H14N2O4. The smallest absolute Gasteiger partial charge is 0.337 e. The molecule has 0 radical (unpaired) electrons. The maximum atomic E-state index is 11.4. The van der Waals surface area contributed by atoms with Crippen LogP contribution in [0.25, 0.3) is 0 Å². The van der Waals surface area contributed by atoms with Crippen LogP contribution in [0.3, 0.4) is 0 Å². The van der Waals surface area contributed by atoms with Crippen LogP contribution < -0.4 is 5.32 Å². The summed E-state index contributed by atoms with van der Waals surface area (Å²) in [5.74, 6) is -0.449. The SMILES string of the molecule is COC(=O)c1ccc(N=O)c(NCC2CCO2)c1. The van der Waals surface area contributed by atoms with E-state index in [1.807, 2.05) is 0 Å². The highest BCUT2D eigenvalue weighted by Gasteiger charge is 2.18. The number of esters is 1. The molecule has 18 heavy (non-hydrogen) atoms. The van der Waals surface area contributed by atoms with Crippen molar-refractivity contribution in [3.63, 3.8) is 0 Å². The Morgan fingerprint density at radius 1 is 1.61 bits per heavy atom. The monoisotopic (exact) mass is 250 g/mol. The highest BCUT2D eigenvalue weighted by Crippen LogP contribution is 2.27. The third-order valence-corrected chi connectivity index (χ3v) is 2.83. The van der Waals surface area contributed by atoms with E-state index < -0.39 is 5.97 Å². The number of hydrogen-bond donors (Lipinski definition) is 1. The Kier molecular flexibility index (Phi) is 3.88. The van der Waals surface area contributed by atoms with Gasteiger partial charge in [-0.05, 0) is 29.8 Å². The Hall–Kier alpha value is -1.95. The van der Waals surface area contributed by atoms with Crippen molar-refractivity contribution in [2.45, 2.75) is 12.5 Å². The first-order valence-electron chi connectivity index (χ1n) is 5.66. The number of nitroso groups, excluding NO2 is 1. The molecule has 0 aliphatic carbocycles. The van der Waals surface area contributed by atoms with Crippen LogP contribution in [-0.4, -0.2) is 32.3 Å². The zero-order valence-electron chi connectivity index (χ0n) is 10.0. The van der Waals surface area contributed by atoms with Gasteiger partial charge in [0.1, 0.15) is 5.69 Å². The quantitative estimate of drug-likeness (QED) is 0.639. The van der Waals surface area contributed by atoms with E-state index >= 15 is 0 Å². The zero-order valence-corrected chi connectivity index (χ0v) is 10.0. The summed E-state index contributed by atoms with van der Waals surface area (Å²) in [5, 5.41) is 5.97. The molecular weight excluding hydrogens is 236 g/mol. The molecule has 1 aromatic carbocycles. The van der Waals surface area contributed by atoms with Gasteiger partial charge in [-0.25, -0.2) is 4.79 Å². The standard InChI is InChI=1S/C12H14N2O4/c1-17-12(15)8-2-3-10(14-16)11(6-8)13-7-9-4-5-18-9/h2-3,6,9,13H,4-5,7H2,1H3. The lowest BCUT2D eigenvalue weighted by atomic mass is 10.1. The van der Waals surface area contributed by atoms with Gasteiger partial charge in [-0.3, -0.25) is 0 Å². The van der Waals surface area contributed by atoms with Crippen LogP contribution >= 0.6 is 0 Å². The van der Waals surface area contributed by atoms with E-state index in [4.69, 9.17) is 4.74 Å². The predicted molar refractivity (Wildman–Crippen MR) is 66.1 cm³/mol. The topological polar surface area (TPSA) is 77.0 Å². The molecule has 6 nitrogen and oxygen atoms in total. The summed E-state index contributed by atoms with van der Waals surface area (Å²) >= 11 is 0. The van der Waals surface area contributed by atoms with Crippen molar-refractivity contribution < 1.29 is 14.3 Å². The van der Waals surface area contributed by atoms with Crippen LogP contribution in [0.1, 0.15) is 16.8 Å². The number of hydrogen-bond acceptors (Lipinski definition) is 6.